The van der Waals surface area contributed by atoms with Crippen LogP contribution in [-0.4, -0.2) is 46.5 Å². The van der Waals surface area contributed by atoms with E-state index in [0.29, 0.717) is 0 Å². The van der Waals surface area contributed by atoms with Gasteiger partial charge in [-0.05, 0) is 25.4 Å². The molecule has 0 spiro atoms. The molecule has 1 heterocycles. The van der Waals surface area contributed by atoms with Crippen LogP contribution in [0, 0.1) is 5.92 Å². The number of halogens is 2. The van der Waals surface area contributed by atoms with Crippen LogP contribution in [0.2, 0.25) is 0 Å². The summed E-state index contributed by atoms with van der Waals surface area (Å²) in [5, 5.41) is 3.43. The van der Waals surface area contributed by atoms with Crippen molar-refractivity contribution in [3.63, 3.8) is 0 Å². The maximum Gasteiger partial charge on any atom is 0.0123 e. The van der Waals surface area contributed by atoms with Crippen molar-refractivity contribution in [2.24, 2.45) is 5.92 Å². The van der Waals surface area contributed by atoms with Crippen LogP contribution in [0.5, 0.6) is 0 Å². The first kappa shape index (κ1) is 12.4. The fourth-order valence-electron chi connectivity index (χ4n) is 1.77. The van der Waals surface area contributed by atoms with Gasteiger partial charge in [-0.1, -0.05) is 45.2 Å². The van der Waals surface area contributed by atoms with Crippen LogP contribution in [0.15, 0.2) is 0 Å². The second kappa shape index (κ2) is 7.64. The molecule has 1 aliphatic rings. The Morgan fingerprint density at radius 2 is 1.92 bits per heavy atom. The van der Waals surface area contributed by atoms with Gasteiger partial charge in [-0.3, -0.25) is 0 Å². The third-order valence-electron chi connectivity index (χ3n) is 2.48. The molecular weight excluding hydrogens is 390 g/mol. The molecule has 1 fully saturated rings. The lowest BCUT2D eigenvalue weighted by atomic mass is 10.1. The summed E-state index contributed by atoms with van der Waals surface area (Å²) in [7, 11) is 0. The molecule has 13 heavy (non-hydrogen) atoms. The van der Waals surface area contributed by atoms with Crippen molar-refractivity contribution in [2.75, 3.05) is 41.6 Å². The Labute approximate surface area is 108 Å². The van der Waals surface area contributed by atoms with Crippen LogP contribution in [0.4, 0.5) is 0 Å². The van der Waals surface area contributed by atoms with E-state index in [2.05, 4.69) is 55.4 Å². The molecule has 1 atom stereocenters. The summed E-state index contributed by atoms with van der Waals surface area (Å²) in [6.07, 6.45) is 1.37. The van der Waals surface area contributed by atoms with Crippen LogP contribution in [0.3, 0.4) is 0 Å². The second-order valence-electron chi connectivity index (χ2n) is 3.54. The van der Waals surface area contributed by atoms with Gasteiger partial charge in [-0.15, -0.1) is 0 Å². The lowest BCUT2D eigenvalue weighted by molar-refractivity contribution is 0.267. The third-order valence-corrected chi connectivity index (χ3v) is 3.45. The minimum atomic E-state index is 0.908. The van der Waals surface area contributed by atoms with Gasteiger partial charge in [0.15, 0.2) is 0 Å². The summed E-state index contributed by atoms with van der Waals surface area (Å²) in [5.41, 5.74) is 0. The third kappa shape index (κ3) is 5.13. The van der Waals surface area contributed by atoms with Crippen molar-refractivity contribution in [1.82, 2.24) is 10.2 Å². The van der Waals surface area contributed by atoms with Gasteiger partial charge in [0, 0.05) is 28.5 Å². The number of rotatable bonds is 6. The molecule has 0 aliphatic carbocycles. The zero-order valence-corrected chi connectivity index (χ0v) is 12.3. The van der Waals surface area contributed by atoms with E-state index in [-0.39, 0.29) is 0 Å². The molecule has 0 bridgehead atoms. The molecule has 4 heteroatoms. The highest BCUT2D eigenvalue weighted by molar-refractivity contribution is 14.1. The second-order valence-corrected chi connectivity index (χ2v) is 5.69. The Hall–Kier alpha value is 1.38. The van der Waals surface area contributed by atoms with Gasteiger partial charge in [0.05, 0.1) is 0 Å². The Bertz CT molecular complexity index is 121. The van der Waals surface area contributed by atoms with Gasteiger partial charge in [-0.25, -0.2) is 0 Å². The summed E-state index contributed by atoms with van der Waals surface area (Å²) in [6.45, 7) is 6.30. The average Bonchev–Trinajstić information content (AvgIpc) is 2.58. The maximum absolute atomic E-state index is 3.43. The average molecular weight is 408 g/mol. The Kier molecular flexibility index (Phi) is 7.32. The Balaban J connectivity index is 2.19. The highest BCUT2D eigenvalue weighted by atomic mass is 127. The highest BCUT2D eigenvalue weighted by Gasteiger charge is 2.17. The SMILES string of the molecule is ICCN(CCI)CC1CCNC1. The smallest absolute Gasteiger partial charge is 0.0123 e. The monoisotopic (exact) mass is 408 g/mol. The van der Waals surface area contributed by atoms with E-state index in [0.717, 1.165) is 5.92 Å². The van der Waals surface area contributed by atoms with E-state index in [1.165, 1.54) is 48.0 Å². The summed E-state index contributed by atoms with van der Waals surface area (Å²) in [4.78, 5) is 2.61. The summed E-state index contributed by atoms with van der Waals surface area (Å²) < 4.78 is 2.52. The van der Waals surface area contributed by atoms with Gasteiger partial charge < -0.3 is 10.2 Å². The van der Waals surface area contributed by atoms with Crippen molar-refractivity contribution in [3.05, 3.63) is 0 Å². The quantitative estimate of drug-likeness (QED) is 0.533. The highest BCUT2D eigenvalue weighted by Crippen LogP contribution is 2.10. The van der Waals surface area contributed by atoms with E-state index in [9.17, 15) is 0 Å². The number of alkyl halides is 2. The van der Waals surface area contributed by atoms with Crippen molar-refractivity contribution >= 4 is 45.2 Å². The molecule has 0 aromatic carbocycles. The molecule has 78 valence electrons. The molecule has 0 aromatic heterocycles. The molecule has 1 saturated heterocycles. The van der Waals surface area contributed by atoms with Crippen LogP contribution < -0.4 is 5.32 Å². The summed E-state index contributed by atoms with van der Waals surface area (Å²) in [5.74, 6) is 0.908. The predicted octanol–water partition coefficient (Wildman–Crippen LogP) is 1.77. The van der Waals surface area contributed by atoms with E-state index in [1.807, 2.05) is 0 Å². The maximum atomic E-state index is 3.43. The van der Waals surface area contributed by atoms with E-state index < -0.39 is 0 Å². The van der Waals surface area contributed by atoms with Crippen LogP contribution in [0.25, 0.3) is 0 Å². The molecule has 2 nitrogen and oxygen atoms in total. The van der Waals surface area contributed by atoms with Gasteiger partial charge in [-0.2, -0.15) is 0 Å². The summed E-state index contributed by atoms with van der Waals surface area (Å²) in [6, 6.07) is 0. The first-order chi connectivity index (χ1) is 6.36. The van der Waals surface area contributed by atoms with Crippen LogP contribution in [0.1, 0.15) is 6.42 Å². The number of hydrogen-bond donors (Lipinski definition) is 1. The fourth-order valence-corrected chi connectivity index (χ4v) is 3.13. The molecule has 0 saturated carbocycles. The van der Waals surface area contributed by atoms with Gasteiger partial charge >= 0.3 is 0 Å². The summed E-state index contributed by atoms with van der Waals surface area (Å²) >= 11 is 4.94. The Morgan fingerprint density at radius 3 is 2.38 bits per heavy atom. The van der Waals surface area contributed by atoms with Crippen molar-refractivity contribution in [3.8, 4) is 0 Å². The largest absolute Gasteiger partial charge is 0.316 e. The minimum absolute atomic E-state index is 0.908. The lowest BCUT2D eigenvalue weighted by Crippen LogP contribution is -2.33. The molecule has 0 radical (unpaired) electrons. The predicted molar refractivity (Wildman–Crippen MR) is 75.2 cm³/mol. The molecule has 1 rings (SSSR count). The van der Waals surface area contributed by atoms with Crippen molar-refractivity contribution in [2.45, 2.75) is 6.42 Å². The number of nitrogens with one attached hydrogen (secondary N) is 1. The fraction of sp³-hybridized carbons (Fsp3) is 1.00. The lowest BCUT2D eigenvalue weighted by Gasteiger charge is -2.23. The zero-order valence-electron chi connectivity index (χ0n) is 7.94. The molecule has 0 aromatic rings. The normalized spacial score (nSPS) is 22.8. The molecular formula is C9H18I2N2. The van der Waals surface area contributed by atoms with E-state index in [1.54, 1.807) is 0 Å². The molecule has 1 aliphatic heterocycles. The Morgan fingerprint density at radius 1 is 1.23 bits per heavy atom. The van der Waals surface area contributed by atoms with Crippen molar-refractivity contribution < 1.29 is 0 Å². The topological polar surface area (TPSA) is 15.3 Å². The number of nitrogens with zero attached hydrogens (tertiary/aromatic N) is 1. The van der Waals surface area contributed by atoms with Crippen LogP contribution in [-0.2, 0) is 0 Å². The zero-order chi connectivity index (χ0) is 9.52. The van der Waals surface area contributed by atoms with Gasteiger partial charge in [0.1, 0.15) is 0 Å². The molecule has 0 amide bonds. The van der Waals surface area contributed by atoms with E-state index >= 15 is 0 Å². The minimum Gasteiger partial charge on any atom is -0.316 e. The standard InChI is InChI=1S/C9H18I2N2/c10-2-5-13(6-3-11)8-9-1-4-12-7-9/h9,12H,1-8H2. The van der Waals surface area contributed by atoms with Gasteiger partial charge in [0.25, 0.3) is 0 Å². The van der Waals surface area contributed by atoms with Crippen molar-refractivity contribution in [1.29, 1.82) is 0 Å². The molecule has 1 N–H and O–H groups in total. The molecule has 1 unspecified atom stereocenters. The number of hydrogen-bond acceptors (Lipinski definition) is 2. The van der Waals surface area contributed by atoms with E-state index in [4.69, 9.17) is 0 Å². The van der Waals surface area contributed by atoms with Gasteiger partial charge in [0.2, 0.25) is 0 Å². The first-order valence-electron chi connectivity index (χ1n) is 4.92. The van der Waals surface area contributed by atoms with Crippen LogP contribution >= 0.6 is 45.2 Å². The first-order valence-corrected chi connectivity index (χ1v) is 7.97.